The van der Waals surface area contributed by atoms with Crippen LogP contribution in [0.3, 0.4) is 0 Å². The van der Waals surface area contributed by atoms with E-state index in [1.165, 1.54) is 10.8 Å². The summed E-state index contributed by atoms with van der Waals surface area (Å²) >= 11 is 0.280. The molecule has 2 aromatic heterocycles. The first-order chi connectivity index (χ1) is 22.4. The predicted molar refractivity (Wildman–Crippen MR) is 157 cm³/mol. The molecule has 3 heterocycles. The van der Waals surface area contributed by atoms with Gasteiger partial charge in [-0.15, -0.1) is 10.2 Å². The number of rotatable bonds is 9. The highest BCUT2D eigenvalue weighted by atomic mass is 32.2. The number of ether oxygens (including phenoxy) is 1. The Balaban J connectivity index is 1.31. The second-order valence-electron chi connectivity index (χ2n) is 9.73. The number of thioether (sulfide) groups is 1. The van der Waals surface area contributed by atoms with Gasteiger partial charge in [-0.1, -0.05) is 36.3 Å². The van der Waals surface area contributed by atoms with Crippen molar-refractivity contribution in [2.75, 3.05) is 19.6 Å². The first-order valence-electron chi connectivity index (χ1n) is 17.7. The molecule has 1 aromatic carbocycles. The normalized spacial score (nSPS) is 26.3. The number of likely N-dealkylation sites (tertiary alicyclic amines) is 1. The lowest BCUT2D eigenvalue weighted by Crippen LogP contribution is -2.45. The Morgan fingerprint density at radius 1 is 1.21 bits per heavy atom. The first kappa shape index (κ1) is 18.5. The van der Waals surface area contributed by atoms with E-state index in [0.717, 1.165) is 37.1 Å². The first-order valence-corrected chi connectivity index (χ1v) is 14.0. The van der Waals surface area contributed by atoms with Crippen LogP contribution in [0.4, 0.5) is 0 Å². The fourth-order valence-electron chi connectivity index (χ4n) is 4.52. The van der Waals surface area contributed by atoms with Gasteiger partial charge in [0.25, 0.3) is 0 Å². The zero-order chi connectivity index (χ0) is 35.1. The highest BCUT2D eigenvalue weighted by Gasteiger charge is 2.22. The topological polar surface area (TPSA) is 68.1 Å². The fraction of sp³-hybridized carbons (Fsp3) is 0.516. The van der Waals surface area contributed by atoms with Crippen molar-refractivity contribution >= 4 is 11.8 Å². The largest absolute Gasteiger partial charge is 0.486 e. The molecular formula is C31H40N6OS. The molecule has 0 atom stereocenters. The predicted octanol–water partition coefficient (Wildman–Crippen LogP) is 5.40. The Kier molecular flexibility index (Phi) is 6.38. The van der Waals surface area contributed by atoms with Gasteiger partial charge in [0, 0.05) is 41.4 Å². The summed E-state index contributed by atoms with van der Waals surface area (Å²) < 4.78 is 82.7. The molecule has 2 fully saturated rings. The molecular weight excluding hydrogens is 504 g/mol. The molecule has 8 heteroatoms. The van der Waals surface area contributed by atoms with Crippen LogP contribution in [0.25, 0.3) is 5.69 Å². The lowest BCUT2D eigenvalue weighted by molar-refractivity contribution is 0.163. The number of hydrogen-bond acceptors (Lipinski definition) is 7. The van der Waals surface area contributed by atoms with Crippen molar-refractivity contribution in [2.24, 2.45) is 0 Å². The number of aryl methyl sites for hydroxylation is 1. The second kappa shape index (κ2) is 13.5. The standard InChI is InChI=1S/C31H40N6OS/c1-23(2)36-18-14-26(15-19-36)33-17-6-8-25-12-13-28(20-24(25)3)38-22-30-34-35-31(39-29-10-4-5-11-29)37(30)27-9-7-16-32-21-27/h7,9,12-13,16,20-21,23,26,29,33H,4-5,10-11,14-15,17-19,22H2,1-3H3/i4D2,5D2,10D2,11D2,29D. The third-order valence-electron chi connectivity index (χ3n) is 6.74. The zero-order valence-electron chi connectivity index (χ0n) is 31.5. The van der Waals surface area contributed by atoms with Crippen LogP contribution in [0.1, 0.15) is 81.5 Å². The molecule has 0 radical (unpaired) electrons. The van der Waals surface area contributed by atoms with Gasteiger partial charge in [0.15, 0.2) is 11.0 Å². The van der Waals surface area contributed by atoms with Crippen molar-refractivity contribution in [2.45, 2.75) is 88.2 Å². The van der Waals surface area contributed by atoms with Gasteiger partial charge < -0.3 is 15.0 Å². The van der Waals surface area contributed by atoms with Crippen molar-refractivity contribution in [1.29, 1.82) is 0 Å². The van der Waals surface area contributed by atoms with Gasteiger partial charge in [0.2, 0.25) is 0 Å². The van der Waals surface area contributed by atoms with Crippen LogP contribution in [0.2, 0.25) is 0 Å². The molecule has 0 spiro atoms. The summed E-state index contributed by atoms with van der Waals surface area (Å²) in [5.41, 5.74) is 2.20. The molecule has 1 saturated heterocycles. The third-order valence-corrected chi connectivity index (χ3v) is 7.60. The molecule has 0 bridgehead atoms. The summed E-state index contributed by atoms with van der Waals surface area (Å²) in [6.45, 7) is 9.08. The van der Waals surface area contributed by atoms with Crippen molar-refractivity contribution in [3.8, 4) is 23.3 Å². The van der Waals surface area contributed by atoms with Gasteiger partial charge in [-0.3, -0.25) is 9.55 Å². The van der Waals surface area contributed by atoms with Gasteiger partial charge in [-0.25, -0.2) is 0 Å². The summed E-state index contributed by atoms with van der Waals surface area (Å²) in [6.07, 6.45) is -7.92. The highest BCUT2D eigenvalue weighted by Crippen LogP contribution is 2.35. The minimum Gasteiger partial charge on any atom is -0.486 e. The molecule has 0 unspecified atom stereocenters. The molecule has 1 aliphatic heterocycles. The van der Waals surface area contributed by atoms with Gasteiger partial charge in [-0.05, 0) is 95.3 Å². The van der Waals surface area contributed by atoms with E-state index in [1.54, 1.807) is 24.4 Å². The van der Waals surface area contributed by atoms with Crippen molar-refractivity contribution in [3.63, 3.8) is 0 Å². The molecule has 3 aromatic rings. The maximum Gasteiger partial charge on any atom is 0.196 e. The van der Waals surface area contributed by atoms with E-state index in [9.17, 15) is 0 Å². The Morgan fingerprint density at radius 3 is 2.74 bits per heavy atom. The van der Waals surface area contributed by atoms with E-state index >= 15 is 0 Å². The van der Waals surface area contributed by atoms with Crippen LogP contribution in [0.5, 0.6) is 5.75 Å². The molecule has 1 N–H and O–H groups in total. The molecule has 206 valence electrons. The number of hydrogen-bond donors (Lipinski definition) is 1. The molecule has 0 amide bonds. The number of piperidine rings is 1. The van der Waals surface area contributed by atoms with Gasteiger partial charge in [-0.2, -0.15) is 0 Å². The minimum absolute atomic E-state index is 0.112. The van der Waals surface area contributed by atoms with E-state index in [4.69, 9.17) is 17.1 Å². The maximum atomic E-state index is 8.91. The third kappa shape index (κ3) is 7.42. The van der Waals surface area contributed by atoms with Crippen molar-refractivity contribution in [3.05, 3.63) is 59.7 Å². The molecule has 1 saturated carbocycles. The Bertz CT molecular complexity index is 1640. The summed E-state index contributed by atoms with van der Waals surface area (Å²) in [6, 6.07) is 9.87. The summed E-state index contributed by atoms with van der Waals surface area (Å²) in [5.74, 6) is 7.21. The monoisotopic (exact) mass is 553 g/mol. The van der Waals surface area contributed by atoms with Crippen LogP contribution in [-0.4, -0.2) is 61.6 Å². The van der Waals surface area contributed by atoms with E-state index < -0.39 is 30.7 Å². The van der Waals surface area contributed by atoms with Crippen molar-refractivity contribution in [1.82, 2.24) is 30.0 Å². The number of benzene rings is 1. The molecule has 5 rings (SSSR count). The van der Waals surface area contributed by atoms with Crippen LogP contribution >= 0.6 is 11.8 Å². The number of aromatic nitrogens is 4. The second-order valence-corrected chi connectivity index (χ2v) is 10.7. The number of pyridine rings is 1. The van der Waals surface area contributed by atoms with E-state index in [-0.39, 0.29) is 29.3 Å². The van der Waals surface area contributed by atoms with Gasteiger partial charge >= 0.3 is 0 Å². The lowest BCUT2D eigenvalue weighted by atomic mass is 10.0. The Hall–Kier alpha value is -2.86. The van der Waals surface area contributed by atoms with Gasteiger partial charge in [0.1, 0.15) is 12.4 Å². The SMILES string of the molecule is [2H]C1([2H])C([2H])([2H])C([2H])([2H])C([2H])(Sc2nnc(COc3ccc(C#CCNC4CCN(C(C)C)CC4)c(C)c3)n2-c2cccnc2)C1([2H])[2H]. The quantitative estimate of drug-likeness (QED) is 0.356. The average molecular weight is 554 g/mol. The van der Waals surface area contributed by atoms with Crippen LogP contribution in [0, 0.1) is 18.8 Å². The van der Waals surface area contributed by atoms with Crippen LogP contribution < -0.4 is 10.1 Å². The number of nitrogens with one attached hydrogen (secondary N) is 1. The Morgan fingerprint density at radius 2 is 2.03 bits per heavy atom. The summed E-state index contributed by atoms with van der Waals surface area (Å²) in [5, 5.41) is 8.71. The smallest absolute Gasteiger partial charge is 0.196 e. The molecule has 39 heavy (non-hydrogen) atoms. The highest BCUT2D eigenvalue weighted by molar-refractivity contribution is 7.99. The molecule has 7 nitrogen and oxygen atoms in total. The van der Waals surface area contributed by atoms with Crippen LogP contribution in [-0.2, 0) is 6.61 Å². The average Bonchev–Trinajstić information content (AvgIpc) is 3.46. The van der Waals surface area contributed by atoms with E-state index in [2.05, 4.69) is 51.1 Å². The Labute approximate surface area is 249 Å². The fourth-order valence-corrected chi connectivity index (χ4v) is 5.29. The van der Waals surface area contributed by atoms with E-state index in [0.29, 0.717) is 30.1 Å². The molecule has 1 aliphatic carbocycles. The lowest BCUT2D eigenvalue weighted by Gasteiger charge is -2.34. The maximum absolute atomic E-state index is 8.91. The van der Waals surface area contributed by atoms with Crippen LogP contribution in [0.15, 0.2) is 47.9 Å². The molecule has 2 aliphatic rings. The van der Waals surface area contributed by atoms with E-state index in [1.807, 2.05) is 19.1 Å². The number of nitrogens with zero attached hydrogens (tertiary/aromatic N) is 5. The van der Waals surface area contributed by atoms with Crippen molar-refractivity contribution < 1.29 is 17.1 Å². The zero-order valence-corrected chi connectivity index (χ0v) is 23.3. The summed E-state index contributed by atoms with van der Waals surface area (Å²) in [7, 11) is 0. The van der Waals surface area contributed by atoms with Gasteiger partial charge in [0.05, 0.1) is 18.4 Å². The minimum atomic E-state index is -3.32. The summed E-state index contributed by atoms with van der Waals surface area (Å²) in [4.78, 5) is 6.61.